The molecule has 35 heavy (non-hydrogen) atoms. The fourth-order valence-corrected chi connectivity index (χ4v) is 3.80. The van der Waals surface area contributed by atoms with E-state index in [2.05, 4.69) is 5.16 Å². The number of methoxy groups -OCH3 is 2. The first kappa shape index (κ1) is 26.4. The van der Waals surface area contributed by atoms with Gasteiger partial charge < -0.3 is 19.2 Å². The van der Waals surface area contributed by atoms with Crippen molar-refractivity contribution in [3.8, 4) is 11.5 Å². The molecule has 1 heterocycles. The van der Waals surface area contributed by atoms with E-state index in [0.29, 0.717) is 35.6 Å². The number of halogens is 3. The molecule has 190 valence electrons. The second-order valence-electron chi connectivity index (χ2n) is 9.75. The summed E-state index contributed by atoms with van der Waals surface area (Å²) >= 11 is 0. The molecule has 3 rings (SSSR count). The van der Waals surface area contributed by atoms with Crippen LogP contribution in [0.1, 0.15) is 50.3 Å². The normalized spacial score (nSPS) is 15.9. The van der Waals surface area contributed by atoms with Crippen LogP contribution < -0.4 is 9.47 Å². The monoisotopic (exact) mass is 492 g/mol. The molecule has 0 aliphatic carbocycles. The van der Waals surface area contributed by atoms with Crippen molar-refractivity contribution < 1.29 is 32.3 Å². The van der Waals surface area contributed by atoms with Gasteiger partial charge in [-0.05, 0) is 41.3 Å². The summed E-state index contributed by atoms with van der Waals surface area (Å²) in [5.41, 5.74) is 1.18. The van der Waals surface area contributed by atoms with Crippen LogP contribution in [0.25, 0.3) is 0 Å². The number of oxime groups is 1. The summed E-state index contributed by atoms with van der Waals surface area (Å²) in [4.78, 5) is 20.4. The second-order valence-corrected chi connectivity index (χ2v) is 9.75. The summed E-state index contributed by atoms with van der Waals surface area (Å²) in [5, 5.41) is 4.21. The summed E-state index contributed by atoms with van der Waals surface area (Å²) < 4.78 is 49.4. The summed E-state index contributed by atoms with van der Waals surface area (Å²) in [6.45, 7) is 6.33. The lowest BCUT2D eigenvalue weighted by Gasteiger charge is -2.28. The molecule has 0 fully saturated rings. The molecule has 1 aliphatic heterocycles. The largest absolute Gasteiger partial charge is 0.493 e. The molecule has 0 N–H and O–H groups in total. The lowest BCUT2D eigenvalue weighted by atomic mass is 9.91. The van der Waals surface area contributed by atoms with Gasteiger partial charge in [-0.2, -0.15) is 13.2 Å². The Bertz CT molecular complexity index is 1060. The Morgan fingerprint density at radius 1 is 1.06 bits per heavy atom. The van der Waals surface area contributed by atoms with Crippen LogP contribution in [0, 0.1) is 5.41 Å². The maximum atomic E-state index is 13.1. The molecular weight excluding hydrogens is 461 g/mol. The lowest BCUT2D eigenvalue weighted by molar-refractivity contribution is -0.138. The fraction of sp³-hybridized carbons (Fsp3) is 0.462. The highest BCUT2D eigenvalue weighted by Gasteiger charge is 2.31. The van der Waals surface area contributed by atoms with Gasteiger partial charge >= 0.3 is 6.18 Å². The minimum atomic E-state index is -4.41. The zero-order valence-corrected chi connectivity index (χ0v) is 20.6. The molecule has 1 atom stereocenters. The van der Waals surface area contributed by atoms with Gasteiger partial charge in [-0.15, -0.1) is 0 Å². The van der Waals surface area contributed by atoms with E-state index < -0.39 is 11.7 Å². The molecular formula is C26H31F3N2O4. The van der Waals surface area contributed by atoms with Gasteiger partial charge in [0.25, 0.3) is 0 Å². The maximum absolute atomic E-state index is 13.1. The molecule has 0 saturated heterocycles. The summed E-state index contributed by atoms with van der Waals surface area (Å²) in [5.74, 6) is 1.07. The number of hydrogen-bond acceptors (Lipinski definition) is 5. The Hall–Kier alpha value is -3.23. The molecule has 1 amide bonds. The van der Waals surface area contributed by atoms with E-state index in [9.17, 15) is 18.0 Å². The third kappa shape index (κ3) is 7.13. The topological polar surface area (TPSA) is 60.4 Å². The number of amides is 1. The summed E-state index contributed by atoms with van der Waals surface area (Å²) in [6.07, 6.45) is -4.02. The van der Waals surface area contributed by atoms with Crippen molar-refractivity contribution in [3.05, 3.63) is 59.2 Å². The Kier molecular flexibility index (Phi) is 7.97. The second kappa shape index (κ2) is 10.6. The Balaban J connectivity index is 1.73. The van der Waals surface area contributed by atoms with Gasteiger partial charge in [0.05, 0.1) is 32.0 Å². The van der Waals surface area contributed by atoms with E-state index >= 15 is 0 Å². The molecule has 0 aromatic heterocycles. The zero-order chi connectivity index (χ0) is 25.8. The Labute approximate surface area is 203 Å². The van der Waals surface area contributed by atoms with Crippen molar-refractivity contribution in [1.29, 1.82) is 0 Å². The third-order valence-electron chi connectivity index (χ3n) is 5.56. The number of nitrogens with zero attached hydrogens (tertiary/aromatic N) is 2. The van der Waals surface area contributed by atoms with E-state index in [1.54, 1.807) is 25.2 Å². The molecule has 1 aliphatic rings. The van der Waals surface area contributed by atoms with Crippen molar-refractivity contribution in [2.24, 2.45) is 10.6 Å². The fourth-order valence-electron chi connectivity index (χ4n) is 3.80. The highest BCUT2D eigenvalue weighted by molar-refractivity contribution is 6.01. The van der Waals surface area contributed by atoms with Gasteiger partial charge in [0, 0.05) is 24.9 Å². The lowest BCUT2D eigenvalue weighted by Crippen LogP contribution is -2.38. The molecule has 0 spiro atoms. The van der Waals surface area contributed by atoms with E-state index in [4.69, 9.17) is 14.3 Å². The molecule has 0 bridgehead atoms. The van der Waals surface area contributed by atoms with Crippen molar-refractivity contribution >= 4 is 11.6 Å². The van der Waals surface area contributed by atoms with Crippen LogP contribution in [0.3, 0.4) is 0 Å². The van der Waals surface area contributed by atoms with Crippen LogP contribution in [0.4, 0.5) is 13.2 Å². The quantitative estimate of drug-likeness (QED) is 0.476. The van der Waals surface area contributed by atoms with Gasteiger partial charge in [0.2, 0.25) is 5.91 Å². The zero-order valence-electron chi connectivity index (χ0n) is 20.6. The highest BCUT2D eigenvalue weighted by Crippen LogP contribution is 2.31. The molecule has 2 aromatic rings. The number of rotatable bonds is 8. The van der Waals surface area contributed by atoms with Crippen LogP contribution in [-0.4, -0.2) is 43.4 Å². The minimum absolute atomic E-state index is 0.0967. The SMILES string of the molecule is COc1ccc(C2=NOC(CN(Cc3ccc(C(F)(F)F)cc3)C(=O)CC(C)(C)C)C2)cc1OC. The van der Waals surface area contributed by atoms with Gasteiger partial charge in [-0.3, -0.25) is 4.79 Å². The smallest absolute Gasteiger partial charge is 0.416 e. The third-order valence-corrected chi connectivity index (χ3v) is 5.56. The molecule has 9 heteroatoms. The van der Waals surface area contributed by atoms with Crippen molar-refractivity contribution in [3.63, 3.8) is 0 Å². The summed E-state index contributed by atoms with van der Waals surface area (Å²) in [7, 11) is 3.11. The van der Waals surface area contributed by atoms with Crippen LogP contribution in [-0.2, 0) is 22.4 Å². The Morgan fingerprint density at radius 2 is 1.71 bits per heavy atom. The number of benzene rings is 2. The predicted molar refractivity (Wildman–Crippen MR) is 127 cm³/mol. The molecule has 0 radical (unpaired) electrons. The molecule has 2 aromatic carbocycles. The van der Waals surface area contributed by atoms with Gasteiger partial charge in [0.1, 0.15) is 0 Å². The number of alkyl halides is 3. The number of hydrogen-bond donors (Lipinski definition) is 0. The van der Waals surface area contributed by atoms with Crippen LogP contribution in [0.15, 0.2) is 47.6 Å². The van der Waals surface area contributed by atoms with E-state index in [1.807, 2.05) is 32.9 Å². The number of carbonyl (C=O) groups is 1. The average Bonchev–Trinajstić information content (AvgIpc) is 3.25. The van der Waals surface area contributed by atoms with Crippen molar-refractivity contribution in [2.45, 2.75) is 52.4 Å². The minimum Gasteiger partial charge on any atom is -0.493 e. The maximum Gasteiger partial charge on any atom is 0.416 e. The van der Waals surface area contributed by atoms with Crippen molar-refractivity contribution in [2.75, 3.05) is 20.8 Å². The first-order valence-corrected chi connectivity index (χ1v) is 11.3. The van der Waals surface area contributed by atoms with Gasteiger partial charge in [0.15, 0.2) is 17.6 Å². The molecule has 6 nitrogen and oxygen atoms in total. The summed E-state index contributed by atoms with van der Waals surface area (Å²) in [6, 6.07) is 10.3. The Morgan fingerprint density at radius 3 is 2.29 bits per heavy atom. The van der Waals surface area contributed by atoms with Crippen LogP contribution in [0.2, 0.25) is 0 Å². The average molecular weight is 493 g/mol. The van der Waals surface area contributed by atoms with Gasteiger partial charge in [-0.25, -0.2) is 0 Å². The molecule has 1 unspecified atom stereocenters. The number of ether oxygens (including phenoxy) is 2. The van der Waals surface area contributed by atoms with Crippen molar-refractivity contribution in [1.82, 2.24) is 4.90 Å². The van der Waals surface area contributed by atoms with E-state index in [0.717, 1.165) is 17.7 Å². The first-order chi connectivity index (χ1) is 16.4. The van der Waals surface area contributed by atoms with Crippen LogP contribution >= 0.6 is 0 Å². The van der Waals surface area contributed by atoms with E-state index in [1.165, 1.54) is 12.1 Å². The highest BCUT2D eigenvalue weighted by atomic mass is 19.4. The van der Waals surface area contributed by atoms with Crippen LogP contribution in [0.5, 0.6) is 11.5 Å². The number of carbonyl (C=O) groups excluding carboxylic acids is 1. The first-order valence-electron chi connectivity index (χ1n) is 11.3. The van der Waals surface area contributed by atoms with Gasteiger partial charge in [-0.1, -0.05) is 38.1 Å². The molecule has 0 saturated carbocycles. The van der Waals surface area contributed by atoms with E-state index in [-0.39, 0.29) is 30.5 Å². The predicted octanol–water partition coefficient (Wildman–Crippen LogP) is 5.68. The standard InChI is InChI=1S/C26H31F3N2O4/c1-25(2,3)14-24(32)31(15-17-6-9-19(10-7-17)26(27,28)29)16-20-13-21(30-35-20)18-8-11-22(33-4)23(12-18)34-5/h6-12,20H,13-16H2,1-5H3.